The number of benzene rings is 2. The molecule has 0 amide bonds. The van der Waals surface area contributed by atoms with Crippen LogP contribution in [0.5, 0.6) is 0 Å². The zero-order chi connectivity index (χ0) is 21.2. The minimum absolute atomic E-state index is 0.0447. The molecular formula is C21H20ClNO5S. The fraction of sp³-hybridized carbons (Fsp3) is 0.190. The van der Waals surface area contributed by atoms with Crippen molar-refractivity contribution >= 4 is 27.4 Å². The van der Waals surface area contributed by atoms with Crippen molar-refractivity contribution in [3.05, 3.63) is 87.3 Å². The molecule has 0 radical (unpaired) electrons. The number of esters is 1. The fourth-order valence-electron chi connectivity index (χ4n) is 3.20. The highest BCUT2D eigenvalue weighted by molar-refractivity contribution is 7.95. The predicted octanol–water partition coefficient (Wildman–Crippen LogP) is 3.89. The van der Waals surface area contributed by atoms with E-state index in [9.17, 15) is 13.2 Å². The summed E-state index contributed by atoms with van der Waals surface area (Å²) in [6.07, 6.45) is 0. The number of sulfone groups is 1. The van der Waals surface area contributed by atoms with Crippen molar-refractivity contribution in [3.8, 4) is 0 Å². The summed E-state index contributed by atoms with van der Waals surface area (Å²) in [4.78, 5) is 12.6. The van der Waals surface area contributed by atoms with E-state index in [0.29, 0.717) is 10.6 Å². The van der Waals surface area contributed by atoms with Crippen LogP contribution >= 0.6 is 11.6 Å². The highest BCUT2D eigenvalue weighted by Gasteiger charge is 2.42. The van der Waals surface area contributed by atoms with Gasteiger partial charge in [-0.2, -0.15) is 0 Å². The van der Waals surface area contributed by atoms with Gasteiger partial charge in [-0.25, -0.2) is 13.2 Å². The van der Waals surface area contributed by atoms with Crippen LogP contribution in [0.15, 0.2) is 81.6 Å². The lowest BCUT2D eigenvalue weighted by atomic mass is 9.88. The molecule has 2 aromatic carbocycles. The number of carbonyl (C=O) groups is 1. The Bertz CT molecular complexity index is 1090. The minimum atomic E-state index is -4.07. The van der Waals surface area contributed by atoms with E-state index in [1.54, 1.807) is 56.3 Å². The predicted molar refractivity (Wildman–Crippen MR) is 109 cm³/mol. The lowest BCUT2D eigenvalue weighted by Gasteiger charge is -2.29. The summed E-state index contributed by atoms with van der Waals surface area (Å²) in [6, 6.07) is 14.4. The lowest BCUT2D eigenvalue weighted by molar-refractivity contribution is -0.139. The topological polar surface area (TPSA) is 95.7 Å². The van der Waals surface area contributed by atoms with Crippen LogP contribution in [-0.4, -0.2) is 21.0 Å². The van der Waals surface area contributed by atoms with Crippen LogP contribution in [0.2, 0.25) is 5.02 Å². The minimum Gasteiger partial charge on any atom is -0.463 e. The number of hydrogen-bond donors (Lipinski definition) is 1. The SMILES string of the molecule is CCOC(=O)C1=C(C)OC(N)=C(S(=O)(=O)c2ccccc2)C1c1ccc(Cl)cc1. The molecule has 0 aliphatic carbocycles. The van der Waals surface area contributed by atoms with Gasteiger partial charge in [-0.3, -0.25) is 0 Å². The lowest BCUT2D eigenvalue weighted by Crippen LogP contribution is -2.29. The van der Waals surface area contributed by atoms with Gasteiger partial charge in [0.25, 0.3) is 0 Å². The Kier molecular flexibility index (Phi) is 6.00. The van der Waals surface area contributed by atoms with Gasteiger partial charge in [-0.05, 0) is 43.7 Å². The van der Waals surface area contributed by atoms with Crippen LogP contribution in [0.3, 0.4) is 0 Å². The molecule has 1 aliphatic heterocycles. The summed E-state index contributed by atoms with van der Waals surface area (Å²) in [6.45, 7) is 3.34. The number of ether oxygens (including phenoxy) is 2. The van der Waals surface area contributed by atoms with E-state index >= 15 is 0 Å². The zero-order valence-corrected chi connectivity index (χ0v) is 17.5. The van der Waals surface area contributed by atoms with E-state index in [-0.39, 0.29) is 33.6 Å². The van der Waals surface area contributed by atoms with Crippen molar-refractivity contribution in [2.75, 3.05) is 6.61 Å². The van der Waals surface area contributed by atoms with Crippen LogP contribution in [0.4, 0.5) is 0 Å². The number of rotatable bonds is 5. The Morgan fingerprint density at radius 1 is 1.14 bits per heavy atom. The monoisotopic (exact) mass is 433 g/mol. The second kappa shape index (κ2) is 8.31. The molecule has 1 unspecified atom stereocenters. The zero-order valence-electron chi connectivity index (χ0n) is 15.9. The van der Waals surface area contributed by atoms with Crippen LogP contribution in [0, 0.1) is 0 Å². The van der Waals surface area contributed by atoms with Crippen molar-refractivity contribution in [2.24, 2.45) is 5.73 Å². The molecule has 0 bridgehead atoms. The maximum atomic E-state index is 13.5. The van der Waals surface area contributed by atoms with Gasteiger partial charge in [0.05, 0.1) is 23.0 Å². The summed E-state index contributed by atoms with van der Waals surface area (Å²) in [5.74, 6) is -1.75. The molecule has 1 heterocycles. The standard InChI is InChI=1S/C21H20ClNO5S/c1-3-27-21(24)17-13(2)28-20(23)19(18(17)14-9-11-15(22)12-10-14)29(25,26)16-7-5-4-6-8-16/h4-12,18H,3,23H2,1-2H3. The molecular weight excluding hydrogens is 414 g/mol. The van der Waals surface area contributed by atoms with Crippen molar-refractivity contribution in [1.82, 2.24) is 0 Å². The second-order valence-electron chi connectivity index (χ2n) is 6.32. The van der Waals surface area contributed by atoms with Gasteiger partial charge in [0, 0.05) is 5.02 Å². The Balaban J connectivity index is 2.26. The quantitative estimate of drug-likeness (QED) is 0.718. The van der Waals surface area contributed by atoms with E-state index in [1.165, 1.54) is 12.1 Å². The summed E-state index contributed by atoms with van der Waals surface area (Å²) in [7, 11) is -4.07. The Morgan fingerprint density at radius 3 is 2.34 bits per heavy atom. The average Bonchev–Trinajstić information content (AvgIpc) is 2.68. The van der Waals surface area contributed by atoms with Gasteiger partial charge >= 0.3 is 5.97 Å². The highest BCUT2D eigenvalue weighted by atomic mass is 35.5. The molecule has 1 aliphatic rings. The van der Waals surface area contributed by atoms with Gasteiger partial charge in [0.15, 0.2) is 0 Å². The molecule has 0 saturated heterocycles. The maximum absolute atomic E-state index is 13.5. The molecule has 29 heavy (non-hydrogen) atoms. The normalized spacial score (nSPS) is 17.1. The number of nitrogens with two attached hydrogens (primary N) is 1. The van der Waals surface area contributed by atoms with Crippen LogP contribution in [0.1, 0.15) is 25.3 Å². The molecule has 152 valence electrons. The van der Waals surface area contributed by atoms with Crippen molar-refractivity contribution in [2.45, 2.75) is 24.7 Å². The van der Waals surface area contributed by atoms with Crippen LogP contribution in [-0.2, 0) is 24.1 Å². The molecule has 6 nitrogen and oxygen atoms in total. The molecule has 0 aromatic heterocycles. The maximum Gasteiger partial charge on any atom is 0.338 e. The second-order valence-corrected chi connectivity index (χ2v) is 8.68. The number of halogens is 1. The third kappa shape index (κ3) is 4.02. The van der Waals surface area contributed by atoms with Crippen LogP contribution < -0.4 is 5.73 Å². The van der Waals surface area contributed by atoms with E-state index < -0.39 is 21.7 Å². The highest BCUT2D eigenvalue weighted by Crippen LogP contribution is 2.44. The molecule has 1 atom stereocenters. The Labute approximate surface area is 174 Å². The third-order valence-corrected chi connectivity index (χ3v) is 6.64. The van der Waals surface area contributed by atoms with Crippen molar-refractivity contribution in [3.63, 3.8) is 0 Å². The first-order valence-electron chi connectivity index (χ1n) is 8.88. The first-order chi connectivity index (χ1) is 13.8. The molecule has 2 N–H and O–H groups in total. The molecule has 0 spiro atoms. The first kappa shape index (κ1) is 21.0. The van der Waals surface area contributed by atoms with E-state index in [0.717, 1.165) is 0 Å². The largest absolute Gasteiger partial charge is 0.463 e. The number of carbonyl (C=O) groups excluding carboxylic acids is 1. The van der Waals surface area contributed by atoms with Gasteiger partial charge in [0.2, 0.25) is 15.7 Å². The fourth-order valence-corrected chi connectivity index (χ4v) is 4.97. The summed E-state index contributed by atoms with van der Waals surface area (Å²) >= 11 is 6.00. The third-order valence-electron chi connectivity index (χ3n) is 4.48. The molecule has 2 aromatic rings. The summed E-state index contributed by atoms with van der Waals surface area (Å²) in [5.41, 5.74) is 6.66. The Hall–Kier alpha value is -2.77. The molecule has 3 rings (SSSR count). The number of hydrogen-bond acceptors (Lipinski definition) is 6. The van der Waals surface area contributed by atoms with Gasteiger partial charge in [0.1, 0.15) is 10.7 Å². The first-order valence-corrected chi connectivity index (χ1v) is 10.7. The van der Waals surface area contributed by atoms with E-state index in [1.807, 2.05) is 0 Å². The van der Waals surface area contributed by atoms with Crippen LogP contribution in [0.25, 0.3) is 0 Å². The van der Waals surface area contributed by atoms with Crippen molar-refractivity contribution in [1.29, 1.82) is 0 Å². The number of allylic oxidation sites excluding steroid dienone is 2. The molecule has 8 heteroatoms. The smallest absolute Gasteiger partial charge is 0.338 e. The van der Waals surface area contributed by atoms with Crippen molar-refractivity contribution < 1.29 is 22.7 Å². The van der Waals surface area contributed by atoms with Gasteiger partial charge < -0.3 is 15.2 Å². The van der Waals surface area contributed by atoms with Gasteiger partial charge in [-0.1, -0.05) is 41.9 Å². The van der Waals surface area contributed by atoms with Gasteiger partial charge in [-0.15, -0.1) is 0 Å². The van der Waals surface area contributed by atoms with E-state index in [2.05, 4.69) is 0 Å². The molecule has 0 fully saturated rings. The average molecular weight is 434 g/mol. The summed E-state index contributed by atoms with van der Waals surface area (Å²) in [5, 5.41) is 0.476. The molecule has 0 saturated carbocycles. The Morgan fingerprint density at radius 2 is 1.76 bits per heavy atom. The summed E-state index contributed by atoms with van der Waals surface area (Å²) < 4.78 is 37.6. The van der Waals surface area contributed by atoms with E-state index in [4.69, 9.17) is 26.8 Å².